The zero-order valence-corrected chi connectivity index (χ0v) is 17.1. The second-order valence-electron chi connectivity index (χ2n) is 7.39. The molecular weight excluding hydrogens is 344 g/mol. The predicted molar refractivity (Wildman–Crippen MR) is 90.2 cm³/mol. The molecule has 0 bridgehead atoms. The van der Waals surface area contributed by atoms with Gasteiger partial charge in [-0.1, -0.05) is 41.5 Å². The zero-order valence-electron chi connectivity index (χ0n) is 15.5. The summed E-state index contributed by atoms with van der Waals surface area (Å²) in [5.41, 5.74) is -0.494. The van der Waals surface area contributed by atoms with Gasteiger partial charge >= 0.3 is 0 Å². The van der Waals surface area contributed by atoms with Crippen LogP contribution in [0.15, 0.2) is 12.1 Å². The molecule has 1 unspecified atom stereocenters. The van der Waals surface area contributed by atoms with Gasteiger partial charge in [0, 0.05) is 45.3 Å². The Morgan fingerprint density at radius 1 is 1.25 bits per heavy atom. The van der Waals surface area contributed by atoms with Crippen molar-refractivity contribution < 1.29 is 35.3 Å². The van der Waals surface area contributed by atoms with Gasteiger partial charge in [0.1, 0.15) is 0 Å². The van der Waals surface area contributed by atoms with E-state index in [1.807, 2.05) is 33.8 Å². The summed E-state index contributed by atoms with van der Waals surface area (Å²) in [5.74, 6) is -1.01. The van der Waals surface area contributed by atoms with E-state index in [2.05, 4.69) is 13.8 Å². The molecule has 1 aromatic rings. The molecule has 0 aliphatic carbocycles. The van der Waals surface area contributed by atoms with Crippen molar-refractivity contribution in [2.75, 3.05) is 11.4 Å². The first-order valence-electron chi connectivity index (χ1n) is 8.27. The minimum absolute atomic E-state index is 0. The van der Waals surface area contributed by atoms with Crippen molar-refractivity contribution >= 4 is 11.6 Å². The van der Waals surface area contributed by atoms with Crippen LogP contribution >= 0.6 is 0 Å². The number of hydrogen-bond acceptors (Lipinski definition) is 1. The molecule has 1 atom stereocenters. The summed E-state index contributed by atoms with van der Waals surface area (Å²) in [4.78, 5) is 14.4. The van der Waals surface area contributed by atoms with E-state index in [0.717, 1.165) is 12.5 Å². The van der Waals surface area contributed by atoms with Crippen LogP contribution in [0, 0.1) is 35.0 Å². The number of nitrogens with zero attached hydrogens (tertiary/aromatic N) is 1. The van der Waals surface area contributed by atoms with E-state index < -0.39 is 17.0 Å². The van der Waals surface area contributed by atoms with Crippen LogP contribution in [0.2, 0.25) is 0 Å². The minimum Gasteiger partial charge on any atom is -0.363 e. The topological polar surface area (TPSA) is 20.3 Å². The molecule has 1 amide bonds. The normalized spacial score (nSPS) is 12.7. The summed E-state index contributed by atoms with van der Waals surface area (Å²) in [6, 6.07) is 4.50. The van der Waals surface area contributed by atoms with Gasteiger partial charge in [0.25, 0.3) is 0 Å². The molecular formula is C19H28F2NOTi-. The molecule has 0 saturated heterocycles. The van der Waals surface area contributed by atoms with Crippen molar-refractivity contribution in [1.29, 1.82) is 0 Å². The van der Waals surface area contributed by atoms with Gasteiger partial charge in [0.15, 0.2) is 0 Å². The predicted octanol–water partition coefficient (Wildman–Crippen LogP) is 5.21. The van der Waals surface area contributed by atoms with Gasteiger partial charge in [0.05, 0.1) is 0 Å². The number of hydrogen-bond donors (Lipinski definition) is 0. The molecule has 5 heteroatoms. The molecule has 2 nitrogen and oxygen atoms in total. The Balaban J connectivity index is 0.00000529. The van der Waals surface area contributed by atoms with Gasteiger partial charge in [-0.15, -0.1) is 18.2 Å². The molecule has 0 spiro atoms. The Labute approximate surface area is 159 Å². The molecule has 0 heterocycles. The number of anilines is 1. The molecule has 0 aliphatic rings. The van der Waals surface area contributed by atoms with Crippen molar-refractivity contribution in [3.8, 4) is 0 Å². The molecule has 1 aromatic carbocycles. The molecule has 0 radical (unpaired) electrons. The fourth-order valence-electron chi connectivity index (χ4n) is 2.64. The molecule has 0 saturated carbocycles. The average Bonchev–Trinajstić information content (AvgIpc) is 2.43. The Morgan fingerprint density at radius 2 is 1.83 bits per heavy atom. The van der Waals surface area contributed by atoms with Crippen LogP contribution in [0.25, 0.3) is 0 Å². The fourth-order valence-corrected chi connectivity index (χ4v) is 2.64. The van der Waals surface area contributed by atoms with E-state index in [1.165, 1.54) is 11.0 Å². The summed E-state index contributed by atoms with van der Waals surface area (Å²) < 4.78 is 27.3. The molecule has 0 fully saturated rings. The van der Waals surface area contributed by atoms with Crippen molar-refractivity contribution in [3.05, 3.63) is 29.8 Å². The van der Waals surface area contributed by atoms with Gasteiger partial charge in [-0.3, -0.25) is 4.79 Å². The summed E-state index contributed by atoms with van der Waals surface area (Å²) in [5, 5.41) is 0. The number of carbonyl (C=O) groups excluding carboxylic acids is 1. The average molecular weight is 372 g/mol. The van der Waals surface area contributed by atoms with Crippen LogP contribution in [-0.4, -0.2) is 12.5 Å². The van der Waals surface area contributed by atoms with E-state index in [1.54, 1.807) is 0 Å². The van der Waals surface area contributed by atoms with E-state index in [9.17, 15) is 13.6 Å². The summed E-state index contributed by atoms with van der Waals surface area (Å²) >= 11 is 0. The van der Waals surface area contributed by atoms with Crippen LogP contribution in [-0.2, 0) is 26.5 Å². The number of benzene rings is 1. The van der Waals surface area contributed by atoms with Crippen LogP contribution in [0.3, 0.4) is 0 Å². The van der Waals surface area contributed by atoms with E-state index in [-0.39, 0.29) is 39.2 Å². The molecule has 0 N–H and O–H groups in total. The second-order valence-corrected chi connectivity index (χ2v) is 7.39. The van der Waals surface area contributed by atoms with Crippen molar-refractivity contribution in [1.82, 2.24) is 0 Å². The van der Waals surface area contributed by atoms with Gasteiger partial charge < -0.3 is 4.90 Å². The minimum atomic E-state index is -0.818. The Hall–Kier alpha value is -0.736. The van der Waals surface area contributed by atoms with Crippen LogP contribution < -0.4 is 4.90 Å². The Morgan fingerprint density at radius 3 is 2.29 bits per heavy atom. The molecule has 134 valence electrons. The first-order valence-corrected chi connectivity index (χ1v) is 8.27. The maximum Gasteiger partial charge on any atom is 0.221 e. The third-order valence-corrected chi connectivity index (χ3v) is 4.21. The third kappa shape index (κ3) is 6.29. The van der Waals surface area contributed by atoms with Gasteiger partial charge in [-0.25, -0.2) is 8.78 Å². The Kier molecular flexibility index (Phi) is 9.37. The largest absolute Gasteiger partial charge is 0.363 e. The third-order valence-electron chi connectivity index (χ3n) is 4.21. The second kappa shape index (κ2) is 9.67. The number of rotatable bonds is 7. The van der Waals surface area contributed by atoms with E-state index >= 15 is 0 Å². The van der Waals surface area contributed by atoms with E-state index in [0.29, 0.717) is 18.9 Å². The molecule has 0 aromatic heterocycles. The fraction of sp³-hybridized carbons (Fsp3) is 0.632. The number of halogens is 2. The maximum atomic E-state index is 14.2. The monoisotopic (exact) mass is 372 g/mol. The van der Waals surface area contributed by atoms with Gasteiger partial charge in [-0.2, -0.15) is 0 Å². The van der Waals surface area contributed by atoms with Gasteiger partial charge in [0.2, 0.25) is 5.91 Å². The van der Waals surface area contributed by atoms with Gasteiger partial charge in [-0.05, 0) is 30.4 Å². The zero-order chi connectivity index (χ0) is 17.8. The number of amides is 1. The van der Waals surface area contributed by atoms with Crippen LogP contribution in [0.4, 0.5) is 14.5 Å². The van der Waals surface area contributed by atoms with Crippen molar-refractivity contribution in [2.45, 2.75) is 54.4 Å². The van der Waals surface area contributed by atoms with E-state index in [4.69, 9.17) is 0 Å². The van der Waals surface area contributed by atoms with Crippen molar-refractivity contribution in [2.24, 2.45) is 17.3 Å². The first-order chi connectivity index (χ1) is 10.6. The van der Waals surface area contributed by atoms with Crippen molar-refractivity contribution in [3.63, 3.8) is 0 Å². The number of carbonyl (C=O) groups is 1. The smallest absolute Gasteiger partial charge is 0.221 e. The molecule has 0 aliphatic heterocycles. The SMILES string of the molecule is CCC(C)(C)C(=O)N(CC(C)CC(C)C)c1ccc(F)[c-]c1F.[Ti]. The summed E-state index contributed by atoms with van der Waals surface area (Å²) in [7, 11) is 0. The Bertz CT molecular complexity index is 546. The molecule has 1 rings (SSSR count). The van der Waals surface area contributed by atoms with Crippen LogP contribution in [0.1, 0.15) is 54.4 Å². The summed E-state index contributed by atoms with van der Waals surface area (Å²) in [6.07, 6.45) is 1.58. The van der Waals surface area contributed by atoms with Crippen LogP contribution in [0.5, 0.6) is 0 Å². The summed E-state index contributed by atoms with van der Waals surface area (Å²) in [6.45, 7) is 12.3. The first kappa shape index (κ1) is 23.3. The maximum absolute atomic E-state index is 14.2. The quantitative estimate of drug-likeness (QED) is 0.475. The molecule has 24 heavy (non-hydrogen) atoms. The standard InChI is InChI=1S/C19H28F2NO.Ti/c1-7-19(5,6)18(23)22(12-14(4)10-13(2)3)17-9-8-15(20)11-16(17)21;/h8-9,13-14H,7,10,12H2,1-6H3;/q-1;.